The number of azo groups is 1. The Balaban J connectivity index is 1.22. The van der Waals surface area contributed by atoms with Crippen LogP contribution in [-0.2, 0) is 0 Å². The summed E-state index contributed by atoms with van der Waals surface area (Å²) in [5.41, 5.74) is 3.31. The normalized spacial score (nSPS) is 11.2. The molecule has 0 bridgehead atoms. The number of esters is 2. The van der Waals surface area contributed by atoms with E-state index in [1.54, 1.807) is 66.9 Å². The van der Waals surface area contributed by atoms with E-state index < -0.39 is 11.9 Å². The number of hydrogen-bond donors (Lipinski definition) is 0. The minimum absolute atomic E-state index is 0.177. The van der Waals surface area contributed by atoms with Crippen LogP contribution >= 0.6 is 0 Å². The number of rotatable bonds is 26. The van der Waals surface area contributed by atoms with Crippen molar-refractivity contribution >= 4 is 35.2 Å². The van der Waals surface area contributed by atoms with Crippen molar-refractivity contribution in [2.75, 3.05) is 13.2 Å². The first-order valence-electron chi connectivity index (χ1n) is 21.7. The van der Waals surface area contributed by atoms with Crippen molar-refractivity contribution in [2.24, 2.45) is 15.2 Å². The minimum Gasteiger partial charge on any atom is -0.494 e. The van der Waals surface area contributed by atoms with E-state index in [4.69, 9.17) is 18.9 Å². The van der Waals surface area contributed by atoms with Crippen molar-refractivity contribution in [3.63, 3.8) is 0 Å². The highest BCUT2D eigenvalue weighted by Crippen LogP contribution is 2.28. The van der Waals surface area contributed by atoms with Gasteiger partial charge in [0.1, 0.15) is 23.0 Å². The van der Waals surface area contributed by atoms with Crippen LogP contribution in [0.15, 0.2) is 137 Å². The van der Waals surface area contributed by atoms with Crippen LogP contribution in [0.25, 0.3) is 0 Å². The standard InChI is InChI=1S/C51H59N3O6/c1-3-5-7-9-11-13-18-36-57-46-31-22-40(23-32-46)50(55)59-48-35-26-42(39-52-43-27-29-45(30-28-43)54-53-44-20-16-15-17-21-44)49(38-48)60-51(56)41-24-33-47(34-25-41)58-37-19-14-12-10-8-6-4-2/h15-17,20-35,38-39H,3-14,18-19,36-37H2,1-2H3. The Morgan fingerprint density at radius 1 is 0.467 bits per heavy atom. The maximum Gasteiger partial charge on any atom is 0.343 e. The first-order chi connectivity index (χ1) is 29.5. The van der Waals surface area contributed by atoms with Crippen molar-refractivity contribution < 1.29 is 28.5 Å². The van der Waals surface area contributed by atoms with Gasteiger partial charge in [0.2, 0.25) is 0 Å². The molecular weight excluding hydrogens is 751 g/mol. The van der Waals surface area contributed by atoms with Gasteiger partial charge in [-0.05, 0) is 110 Å². The molecule has 9 heteroatoms. The van der Waals surface area contributed by atoms with E-state index in [1.807, 2.05) is 54.6 Å². The zero-order valence-corrected chi connectivity index (χ0v) is 35.2. The number of unbranched alkanes of at least 4 members (excludes halogenated alkanes) is 12. The summed E-state index contributed by atoms with van der Waals surface area (Å²) in [4.78, 5) is 31.3. The van der Waals surface area contributed by atoms with Crippen LogP contribution in [0.5, 0.6) is 23.0 Å². The number of aliphatic imine (C=N–C) groups is 1. The molecule has 0 amide bonds. The Morgan fingerprint density at radius 2 is 0.917 bits per heavy atom. The van der Waals surface area contributed by atoms with Crippen molar-refractivity contribution in [3.8, 4) is 23.0 Å². The molecule has 0 aliphatic heterocycles. The second kappa shape index (κ2) is 26.1. The Hall–Kier alpha value is -6.09. The molecule has 0 heterocycles. The first-order valence-corrected chi connectivity index (χ1v) is 21.7. The van der Waals surface area contributed by atoms with Crippen LogP contribution in [0.4, 0.5) is 17.1 Å². The molecule has 5 aromatic rings. The van der Waals surface area contributed by atoms with Crippen LogP contribution in [-0.4, -0.2) is 31.4 Å². The molecule has 0 fully saturated rings. The number of carbonyl (C=O) groups excluding carboxylic acids is 2. The molecule has 0 aliphatic rings. The minimum atomic E-state index is -0.577. The second-order valence-corrected chi connectivity index (χ2v) is 14.8. The van der Waals surface area contributed by atoms with Gasteiger partial charge >= 0.3 is 11.9 Å². The first kappa shape index (κ1) is 45.0. The van der Waals surface area contributed by atoms with E-state index in [0.717, 1.165) is 31.4 Å². The molecule has 5 aromatic carbocycles. The lowest BCUT2D eigenvalue weighted by Crippen LogP contribution is -2.11. The van der Waals surface area contributed by atoms with Crippen LogP contribution < -0.4 is 18.9 Å². The van der Waals surface area contributed by atoms with E-state index >= 15 is 0 Å². The summed E-state index contributed by atoms with van der Waals surface area (Å²) in [7, 11) is 0. The van der Waals surface area contributed by atoms with Gasteiger partial charge in [0, 0.05) is 17.8 Å². The van der Waals surface area contributed by atoms with Crippen molar-refractivity contribution in [1.29, 1.82) is 0 Å². The third-order valence-electron chi connectivity index (χ3n) is 9.85. The summed E-state index contributed by atoms with van der Waals surface area (Å²) in [6, 6.07) is 35.4. The van der Waals surface area contributed by atoms with Gasteiger partial charge in [-0.2, -0.15) is 10.2 Å². The second-order valence-electron chi connectivity index (χ2n) is 14.8. The molecule has 0 radical (unpaired) electrons. The average Bonchev–Trinajstić information content (AvgIpc) is 3.28. The lowest BCUT2D eigenvalue weighted by atomic mass is 10.1. The highest BCUT2D eigenvalue weighted by Gasteiger charge is 2.16. The number of hydrogen-bond acceptors (Lipinski definition) is 9. The molecule has 0 aliphatic carbocycles. The fraction of sp³-hybridized carbons (Fsp3) is 0.353. The van der Waals surface area contributed by atoms with Gasteiger partial charge in [-0.1, -0.05) is 109 Å². The number of nitrogens with zero attached hydrogens (tertiary/aromatic N) is 3. The smallest absolute Gasteiger partial charge is 0.343 e. The fourth-order valence-electron chi connectivity index (χ4n) is 6.33. The van der Waals surface area contributed by atoms with Crippen LogP contribution in [0.3, 0.4) is 0 Å². The Labute approximate surface area is 355 Å². The summed E-state index contributed by atoms with van der Waals surface area (Å²) in [6.07, 6.45) is 18.5. The number of ether oxygens (including phenoxy) is 4. The molecule has 0 N–H and O–H groups in total. The lowest BCUT2D eigenvalue weighted by molar-refractivity contribution is 0.0732. The van der Waals surface area contributed by atoms with Gasteiger partial charge in [-0.15, -0.1) is 0 Å². The predicted octanol–water partition coefficient (Wildman–Crippen LogP) is 14.5. The average molecular weight is 810 g/mol. The SMILES string of the molecule is CCCCCCCCCOc1ccc(C(=O)Oc2ccc(C=Nc3ccc(N=Nc4ccccc4)cc3)c(OC(=O)c3ccc(OCCCCCCCCC)cc3)c2)cc1. The zero-order valence-electron chi connectivity index (χ0n) is 35.2. The number of benzene rings is 5. The summed E-state index contributed by atoms with van der Waals surface area (Å²) >= 11 is 0. The topological polar surface area (TPSA) is 108 Å². The van der Waals surface area contributed by atoms with Crippen molar-refractivity contribution in [1.82, 2.24) is 0 Å². The van der Waals surface area contributed by atoms with E-state index in [2.05, 4.69) is 29.1 Å². The van der Waals surface area contributed by atoms with E-state index in [9.17, 15) is 9.59 Å². The quantitative estimate of drug-likeness (QED) is 0.0181. The van der Waals surface area contributed by atoms with Gasteiger partial charge in [-0.3, -0.25) is 4.99 Å². The number of carbonyl (C=O) groups is 2. The van der Waals surface area contributed by atoms with Crippen molar-refractivity contribution in [3.05, 3.63) is 138 Å². The van der Waals surface area contributed by atoms with E-state index in [0.29, 0.717) is 52.8 Å². The molecule has 0 unspecified atom stereocenters. The highest BCUT2D eigenvalue weighted by molar-refractivity contribution is 5.94. The van der Waals surface area contributed by atoms with Gasteiger partial charge in [0.25, 0.3) is 0 Å². The monoisotopic (exact) mass is 809 g/mol. The van der Waals surface area contributed by atoms with Gasteiger partial charge < -0.3 is 18.9 Å². The molecule has 9 nitrogen and oxygen atoms in total. The third-order valence-corrected chi connectivity index (χ3v) is 9.85. The summed E-state index contributed by atoms with van der Waals surface area (Å²) < 4.78 is 23.5. The molecule has 0 aromatic heterocycles. The molecule has 60 heavy (non-hydrogen) atoms. The largest absolute Gasteiger partial charge is 0.494 e. The summed E-state index contributed by atoms with van der Waals surface area (Å²) in [5.74, 6) is 0.655. The molecule has 0 saturated heterocycles. The molecule has 5 rings (SSSR count). The van der Waals surface area contributed by atoms with Crippen LogP contribution in [0.1, 0.15) is 130 Å². The van der Waals surface area contributed by atoms with E-state index in [1.165, 1.54) is 70.3 Å². The molecule has 0 spiro atoms. The fourth-order valence-corrected chi connectivity index (χ4v) is 6.33. The molecule has 0 saturated carbocycles. The summed E-state index contributed by atoms with van der Waals surface area (Å²) in [5, 5.41) is 8.56. The maximum atomic E-state index is 13.5. The Bertz CT molecular complexity index is 2060. The molecule has 0 atom stereocenters. The zero-order chi connectivity index (χ0) is 42.0. The van der Waals surface area contributed by atoms with Crippen LogP contribution in [0, 0.1) is 0 Å². The summed E-state index contributed by atoms with van der Waals surface area (Å²) in [6.45, 7) is 5.72. The van der Waals surface area contributed by atoms with E-state index in [-0.39, 0.29) is 11.5 Å². The van der Waals surface area contributed by atoms with Crippen LogP contribution in [0.2, 0.25) is 0 Å². The third kappa shape index (κ3) is 16.3. The Kier molecular flexibility index (Phi) is 19.6. The molecule has 314 valence electrons. The molecular formula is C51H59N3O6. The maximum absolute atomic E-state index is 13.5. The van der Waals surface area contributed by atoms with Crippen molar-refractivity contribution in [2.45, 2.75) is 104 Å². The van der Waals surface area contributed by atoms with Gasteiger partial charge in [-0.25, -0.2) is 9.59 Å². The van der Waals surface area contributed by atoms with Gasteiger partial charge in [0.05, 0.1) is 41.4 Å². The lowest BCUT2D eigenvalue weighted by Gasteiger charge is -2.11. The Morgan fingerprint density at radius 3 is 1.45 bits per heavy atom. The highest BCUT2D eigenvalue weighted by atomic mass is 16.5. The predicted molar refractivity (Wildman–Crippen MR) is 241 cm³/mol. The van der Waals surface area contributed by atoms with Gasteiger partial charge in [0.15, 0.2) is 0 Å².